The average molecular weight is 301 g/mol. The molecule has 0 aromatic carbocycles. The minimum absolute atomic E-state index is 0.0783. The monoisotopic (exact) mass is 301 g/mol. The third kappa shape index (κ3) is 3.23. The van der Waals surface area contributed by atoms with Crippen molar-refractivity contribution in [2.24, 2.45) is 11.8 Å². The lowest BCUT2D eigenvalue weighted by Gasteiger charge is -2.31. The Morgan fingerprint density at radius 3 is 2.80 bits per heavy atom. The first-order valence-electron chi connectivity index (χ1n) is 6.35. The molecule has 0 radical (unpaired) electrons. The standard InChI is InChI=1S/C11H19N5O3S/c1-19-8-9-3-2-4-16(7-9)20(17,18)10-5-13-11(15-12)14-6-10/h5-6,9H,2-4,7-8,12H2,1H3,(H,13,14,15). The Morgan fingerprint density at radius 1 is 1.50 bits per heavy atom. The number of hydrogen-bond acceptors (Lipinski definition) is 7. The van der Waals surface area contributed by atoms with E-state index in [4.69, 9.17) is 10.6 Å². The van der Waals surface area contributed by atoms with Gasteiger partial charge < -0.3 is 4.74 Å². The zero-order chi connectivity index (χ0) is 14.6. The molecule has 1 unspecified atom stereocenters. The van der Waals surface area contributed by atoms with Crippen LogP contribution in [0.15, 0.2) is 17.3 Å². The molecule has 0 bridgehead atoms. The van der Waals surface area contributed by atoms with Gasteiger partial charge in [0.15, 0.2) is 0 Å². The van der Waals surface area contributed by atoms with Crippen LogP contribution in [0.25, 0.3) is 0 Å². The Labute approximate surface area is 118 Å². The van der Waals surface area contributed by atoms with E-state index in [1.54, 1.807) is 7.11 Å². The molecule has 1 aromatic rings. The SMILES string of the molecule is COCC1CCCN(S(=O)(=O)c2cnc(NN)nc2)C1. The molecule has 0 saturated carbocycles. The Kier molecular flexibility index (Phi) is 4.86. The summed E-state index contributed by atoms with van der Waals surface area (Å²) in [6.45, 7) is 1.55. The lowest BCUT2D eigenvalue weighted by molar-refractivity contribution is 0.118. The first-order valence-corrected chi connectivity index (χ1v) is 7.79. The molecule has 1 aliphatic rings. The van der Waals surface area contributed by atoms with E-state index in [9.17, 15) is 8.42 Å². The maximum atomic E-state index is 12.5. The van der Waals surface area contributed by atoms with E-state index in [1.807, 2.05) is 0 Å². The predicted molar refractivity (Wildman–Crippen MR) is 73.2 cm³/mol. The van der Waals surface area contributed by atoms with Crippen molar-refractivity contribution in [3.8, 4) is 0 Å². The normalized spacial score (nSPS) is 20.8. The number of anilines is 1. The molecule has 1 aliphatic heterocycles. The van der Waals surface area contributed by atoms with E-state index >= 15 is 0 Å². The summed E-state index contributed by atoms with van der Waals surface area (Å²) in [5, 5.41) is 0. The summed E-state index contributed by atoms with van der Waals surface area (Å²) in [5.41, 5.74) is 2.26. The van der Waals surface area contributed by atoms with Crippen molar-refractivity contribution >= 4 is 16.0 Å². The molecule has 20 heavy (non-hydrogen) atoms. The number of nitrogen functional groups attached to an aromatic ring is 1. The zero-order valence-electron chi connectivity index (χ0n) is 11.3. The van der Waals surface area contributed by atoms with Gasteiger partial charge in [-0.05, 0) is 18.8 Å². The predicted octanol–water partition coefficient (Wildman–Crippen LogP) is -0.191. The summed E-state index contributed by atoms with van der Waals surface area (Å²) in [5.74, 6) is 5.57. The minimum Gasteiger partial charge on any atom is -0.384 e. The van der Waals surface area contributed by atoms with Gasteiger partial charge in [0.05, 0.1) is 19.0 Å². The highest BCUT2D eigenvalue weighted by atomic mass is 32.2. The molecule has 2 heterocycles. The molecular formula is C11H19N5O3S. The number of nitrogens with zero attached hydrogens (tertiary/aromatic N) is 3. The van der Waals surface area contributed by atoms with Crippen LogP contribution in [0.1, 0.15) is 12.8 Å². The maximum absolute atomic E-state index is 12.5. The Hall–Kier alpha value is -1.29. The van der Waals surface area contributed by atoms with E-state index in [2.05, 4.69) is 15.4 Å². The summed E-state index contributed by atoms with van der Waals surface area (Å²) in [4.78, 5) is 7.75. The fourth-order valence-corrected chi connectivity index (χ4v) is 3.74. The van der Waals surface area contributed by atoms with Crippen molar-refractivity contribution in [2.75, 3.05) is 32.2 Å². The van der Waals surface area contributed by atoms with Crippen LogP contribution in [0.3, 0.4) is 0 Å². The van der Waals surface area contributed by atoms with Gasteiger partial charge >= 0.3 is 0 Å². The highest BCUT2D eigenvalue weighted by molar-refractivity contribution is 7.89. The molecule has 0 amide bonds. The second-order valence-electron chi connectivity index (χ2n) is 4.71. The summed E-state index contributed by atoms with van der Waals surface area (Å²) < 4.78 is 31.6. The smallest absolute Gasteiger partial charge is 0.246 e. The van der Waals surface area contributed by atoms with Crippen molar-refractivity contribution in [1.29, 1.82) is 0 Å². The Balaban J connectivity index is 2.16. The van der Waals surface area contributed by atoms with Crippen LogP contribution in [0.4, 0.5) is 5.95 Å². The molecule has 1 fully saturated rings. The van der Waals surface area contributed by atoms with Gasteiger partial charge in [0.2, 0.25) is 16.0 Å². The van der Waals surface area contributed by atoms with Gasteiger partial charge in [0.1, 0.15) is 4.90 Å². The number of sulfonamides is 1. The largest absolute Gasteiger partial charge is 0.384 e. The number of piperidine rings is 1. The molecule has 3 N–H and O–H groups in total. The van der Waals surface area contributed by atoms with Crippen LogP contribution in [-0.2, 0) is 14.8 Å². The molecule has 1 saturated heterocycles. The number of aromatic nitrogens is 2. The first-order chi connectivity index (χ1) is 9.57. The summed E-state index contributed by atoms with van der Waals surface area (Å²) >= 11 is 0. The van der Waals surface area contributed by atoms with Crippen LogP contribution < -0.4 is 11.3 Å². The number of rotatable bonds is 5. The second kappa shape index (κ2) is 6.44. The van der Waals surface area contributed by atoms with E-state index in [0.29, 0.717) is 19.7 Å². The number of ether oxygens (including phenoxy) is 1. The molecule has 1 atom stereocenters. The van der Waals surface area contributed by atoms with E-state index in [0.717, 1.165) is 12.8 Å². The van der Waals surface area contributed by atoms with Crippen molar-refractivity contribution in [3.63, 3.8) is 0 Å². The maximum Gasteiger partial charge on any atom is 0.246 e. The van der Waals surface area contributed by atoms with Crippen molar-refractivity contribution < 1.29 is 13.2 Å². The van der Waals surface area contributed by atoms with Crippen LogP contribution in [0.5, 0.6) is 0 Å². The van der Waals surface area contributed by atoms with Gasteiger partial charge in [-0.25, -0.2) is 24.2 Å². The summed E-state index contributed by atoms with van der Waals surface area (Å²) in [6, 6.07) is 0. The van der Waals surface area contributed by atoms with Gasteiger partial charge in [-0.15, -0.1) is 0 Å². The molecule has 2 rings (SSSR count). The van der Waals surface area contributed by atoms with Gasteiger partial charge in [-0.2, -0.15) is 4.31 Å². The molecule has 0 aliphatic carbocycles. The van der Waals surface area contributed by atoms with Crippen molar-refractivity contribution in [2.45, 2.75) is 17.7 Å². The first kappa shape index (κ1) is 15.1. The zero-order valence-corrected chi connectivity index (χ0v) is 12.1. The number of nitrogens with one attached hydrogen (secondary N) is 1. The minimum atomic E-state index is -3.55. The molecule has 8 nitrogen and oxygen atoms in total. The highest BCUT2D eigenvalue weighted by Crippen LogP contribution is 2.23. The van der Waals surface area contributed by atoms with E-state index in [-0.39, 0.29) is 16.8 Å². The van der Waals surface area contributed by atoms with Crippen LogP contribution in [-0.4, -0.2) is 49.5 Å². The van der Waals surface area contributed by atoms with E-state index in [1.165, 1.54) is 16.7 Å². The molecule has 0 spiro atoms. The lowest BCUT2D eigenvalue weighted by atomic mass is 10.0. The Morgan fingerprint density at radius 2 is 2.20 bits per heavy atom. The van der Waals surface area contributed by atoms with Crippen molar-refractivity contribution in [3.05, 3.63) is 12.4 Å². The number of hydrogen-bond donors (Lipinski definition) is 2. The topological polar surface area (TPSA) is 110 Å². The van der Waals surface area contributed by atoms with Gasteiger partial charge in [-0.1, -0.05) is 0 Å². The van der Waals surface area contributed by atoms with Crippen LogP contribution in [0, 0.1) is 5.92 Å². The number of nitrogens with two attached hydrogens (primary N) is 1. The Bertz CT molecular complexity index is 531. The second-order valence-corrected chi connectivity index (χ2v) is 6.65. The quantitative estimate of drug-likeness (QED) is 0.573. The molecule has 112 valence electrons. The van der Waals surface area contributed by atoms with Crippen LogP contribution in [0.2, 0.25) is 0 Å². The average Bonchev–Trinajstić information content (AvgIpc) is 2.48. The van der Waals surface area contributed by atoms with Crippen molar-refractivity contribution in [1.82, 2.24) is 14.3 Å². The summed E-state index contributed by atoms with van der Waals surface area (Å²) in [6.07, 6.45) is 4.33. The lowest BCUT2D eigenvalue weighted by Crippen LogP contribution is -2.41. The molecular weight excluding hydrogens is 282 g/mol. The fraction of sp³-hybridized carbons (Fsp3) is 0.636. The van der Waals surface area contributed by atoms with Crippen LogP contribution >= 0.6 is 0 Å². The summed E-state index contributed by atoms with van der Waals surface area (Å²) in [7, 11) is -1.93. The molecule has 1 aromatic heterocycles. The highest BCUT2D eigenvalue weighted by Gasteiger charge is 2.30. The number of methoxy groups -OCH3 is 1. The number of hydrazine groups is 1. The van der Waals surface area contributed by atoms with E-state index < -0.39 is 10.0 Å². The third-order valence-electron chi connectivity index (χ3n) is 3.28. The third-order valence-corrected chi connectivity index (χ3v) is 5.10. The van der Waals surface area contributed by atoms with Gasteiger partial charge in [0.25, 0.3) is 0 Å². The van der Waals surface area contributed by atoms with Gasteiger partial charge in [0, 0.05) is 20.2 Å². The fourth-order valence-electron chi connectivity index (χ4n) is 2.29. The molecule has 9 heteroatoms. The van der Waals surface area contributed by atoms with Gasteiger partial charge in [-0.3, -0.25) is 5.43 Å².